The van der Waals surface area contributed by atoms with Crippen LogP contribution in [-0.4, -0.2) is 40.1 Å². The molecular formula is C13H17NO4. The van der Waals surface area contributed by atoms with E-state index in [1.54, 1.807) is 18.2 Å². The molecule has 1 aromatic rings. The fourth-order valence-electron chi connectivity index (χ4n) is 1.49. The molecular weight excluding hydrogens is 234 g/mol. The van der Waals surface area contributed by atoms with Crippen LogP contribution in [0.15, 0.2) is 18.2 Å². The first kappa shape index (κ1) is 14.0. The lowest BCUT2D eigenvalue weighted by Gasteiger charge is -2.15. The normalized spacial score (nSPS) is 9.78. The predicted molar refractivity (Wildman–Crippen MR) is 68.3 cm³/mol. The molecule has 0 aliphatic rings. The van der Waals surface area contributed by atoms with Crippen molar-refractivity contribution in [3.05, 3.63) is 23.8 Å². The minimum atomic E-state index is -0.557. The van der Waals surface area contributed by atoms with Crippen LogP contribution in [0.2, 0.25) is 0 Å². The number of carbonyl (C=O) groups excluding carboxylic acids is 2. The molecule has 5 heteroatoms. The number of benzene rings is 1. The van der Waals surface area contributed by atoms with Gasteiger partial charge in [0.25, 0.3) is 0 Å². The zero-order valence-electron chi connectivity index (χ0n) is 11.0. The Labute approximate surface area is 106 Å². The molecule has 0 bridgehead atoms. The first-order chi connectivity index (χ1) is 8.49. The van der Waals surface area contributed by atoms with Gasteiger partial charge in [-0.15, -0.1) is 0 Å². The quantitative estimate of drug-likeness (QED) is 0.451. The number of methoxy groups -OCH3 is 2. The van der Waals surface area contributed by atoms with Crippen molar-refractivity contribution < 1.29 is 19.1 Å². The number of ketones is 1. The minimum absolute atomic E-state index is 0.284. The van der Waals surface area contributed by atoms with Crippen molar-refractivity contribution in [2.75, 3.05) is 33.2 Å². The van der Waals surface area contributed by atoms with Gasteiger partial charge < -0.3 is 14.4 Å². The van der Waals surface area contributed by atoms with E-state index in [4.69, 9.17) is 4.74 Å². The van der Waals surface area contributed by atoms with Crippen molar-refractivity contribution in [1.82, 2.24) is 0 Å². The Bertz CT molecular complexity index is 454. The van der Waals surface area contributed by atoms with E-state index in [0.29, 0.717) is 11.3 Å². The first-order valence-corrected chi connectivity index (χ1v) is 5.45. The number of ether oxygens (including phenoxy) is 2. The van der Waals surface area contributed by atoms with Crippen molar-refractivity contribution >= 4 is 17.4 Å². The van der Waals surface area contributed by atoms with Crippen LogP contribution < -0.4 is 9.64 Å². The van der Waals surface area contributed by atoms with Gasteiger partial charge in [-0.05, 0) is 12.1 Å². The van der Waals surface area contributed by atoms with Crippen LogP contribution >= 0.6 is 0 Å². The number of hydrogen-bond donors (Lipinski definition) is 0. The lowest BCUT2D eigenvalue weighted by atomic mass is 10.1. The average molecular weight is 251 g/mol. The maximum Gasteiger partial charge on any atom is 0.313 e. The Kier molecular flexibility index (Phi) is 4.71. The van der Waals surface area contributed by atoms with Gasteiger partial charge in [-0.1, -0.05) is 0 Å². The molecule has 0 atom stereocenters. The predicted octanol–water partition coefficient (Wildman–Crippen LogP) is 1.51. The van der Waals surface area contributed by atoms with Crippen molar-refractivity contribution in [2.24, 2.45) is 0 Å². The summed E-state index contributed by atoms with van der Waals surface area (Å²) in [5.74, 6) is -0.419. The highest BCUT2D eigenvalue weighted by molar-refractivity contribution is 6.07. The molecule has 18 heavy (non-hydrogen) atoms. The summed E-state index contributed by atoms with van der Waals surface area (Å²) in [5.41, 5.74) is 1.30. The van der Waals surface area contributed by atoms with Gasteiger partial charge in [-0.2, -0.15) is 0 Å². The highest BCUT2D eigenvalue weighted by Crippen LogP contribution is 2.25. The van der Waals surface area contributed by atoms with E-state index in [1.807, 2.05) is 19.0 Å². The molecule has 1 rings (SSSR count). The number of nitrogens with zero attached hydrogens (tertiary/aromatic N) is 1. The summed E-state index contributed by atoms with van der Waals surface area (Å²) in [4.78, 5) is 24.9. The zero-order chi connectivity index (χ0) is 13.7. The summed E-state index contributed by atoms with van der Waals surface area (Å²) in [5, 5.41) is 0. The third-order valence-corrected chi connectivity index (χ3v) is 2.53. The van der Waals surface area contributed by atoms with Crippen LogP contribution in [-0.2, 0) is 9.53 Å². The van der Waals surface area contributed by atoms with Gasteiger partial charge in [0.1, 0.15) is 12.2 Å². The molecule has 0 saturated carbocycles. The molecule has 0 aromatic heterocycles. The SMILES string of the molecule is COC(=O)CC(=O)c1ccc(N(C)C)cc1OC. The molecule has 0 aliphatic heterocycles. The van der Waals surface area contributed by atoms with Crippen LogP contribution in [0, 0.1) is 0 Å². The minimum Gasteiger partial charge on any atom is -0.496 e. The fraction of sp³-hybridized carbons (Fsp3) is 0.385. The van der Waals surface area contributed by atoms with Crippen LogP contribution in [0.4, 0.5) is 5.69 Å². The fourth-order valence-corrected chi connectivity index (χ4v) is 1.49. The maximum absolute atomic E-state index is 11.9. The smallest absolute Gasteiger partial charge is 0.313 e. The Balaban J connectivity index is 3.02. The molecule has 0 unspecified atom stereocenters. The molecule has 0 saturated heterocycles. The van der Waals surface area contributed by atoms with E-state index in [9.17, 15) is 9.59 Å². The molecule has 0 N–H and O–H groups in total. The molecule has 0 amide bonds. The van der Waals surface area contributed by atoms with Crippen LogP contribution in [0.5, 0.6) is 5.75 Å². The highest BCUT2D eigenvalue weighted by Gasteiger charge is 2.17. The van der Waals surface area contributed by atoms with Crippen LogP contribution in [0.25, 0.3) is 0 Å². The van der Waals surface area contributed by atoms with Gasteiger partial charge >= 0.3 is 5.97 Å². The largest absolute Gasteiger partial charge is 0.496 e. The van der Waals surface area contributed by atoms with E-state index in [1.165, 1.54) is 14.2 Å². The van der Waals surface area contributed by atoms with Gasteiger partial charge in [-0.3, -0.25) is 9.59 Å². The topological polar surface area (TPSA) is 55.8 Å². The summed E-state index contributed by atoms with van der Waals surface area (Å²) < 4.78 is 9.64. The summed E-state index contributed by atoms with van der Waals surface area (Å²) in [7, 11) is 6.53. The molecule has 0 fully saturated rings. The second kappa shape index (κ2) is 6.05. The lowest BCUT2D eigenvalue weighted by Crippen LogP contribution is -2.12. The Morgan fingerprint density at radius 2 is 1.89 bits per heavy atom. The molecule has 0 radical (unpaired) electrons. The molecule has 1 aromatic carbocycles. The van der Waals surface area contributed by atoms with E-state index in [2.05, 4.69) is 4.74 Å². The molecule has 0 spiro atoms. The summed E-state index contributed by atoms with van der Waals surface area (Å²) in [6, 6.07) is 5.21. The van der Waals surface area contributed by atoms with E-state index < -0.39 is 5.97 Å². The standard InChI is InChI=1S/C13H17NO4/c1-14(2)9-5-6-10(12(7-9)17-3)11(15)8-13(16)18-4/h5-7H,8H2,1-4H3. The van der Waals surface area contributed by atoms with Gasteiger partial charge in [0.05, 0.1) is 19.8 Å². The number of hydrogen-bond acceptors (Lipinski definition) is 5. The molecule has 0 aliphatic carbocycles. The first-order valence-electron chi connectivity index (χ1n) is 5.45. The second-order valence-electron chi connectivity index (χ2n) is 3.96. The summed E-state index contributed by atoms with van der Waals surface area (Å²) >= 11 is 0. The summed E-state index contributed by atoms with van der Waals surface area (Å²) in [6.07, 6.45) is -0.284. The number of anilines is 1. The maximum atomic E-state index is 11.9. The highest BCUT2D eigenvalue weighted by atomic mass is 16.5. The average Bonchev–Trinajstić information content (AvgIpc) is 2.37. The van der Waals surface area contributed by atoms with Gasteiger partial charge in [-0.25, -0.2) is 0 Å². The number of rotatable bonds is 5. The zero-order valence-corrected chi connectivity index (χ0v) is 11.0. The lowest BCUT2D eigenvalue weighted by molar-refractivity contribution is -0.139. The number of Topliss-reactive ketones (excluding diaryl/α,β-unsaturated/α-hetero) is 1. The van der Waals surface area contributed by atoms with Gasteiger partial charge in [0.15, 0.2) is 5.78 Å². The van der Waals surface area contributed by atoms with Gasteiger partial charge in [0.2, 0.25) is 0 Å². The summed E-state index contributed by atoms with van der Waals surface area (Å²) in [6.45, 7) is 0. The van der Waals surface area contributed by atoms with E-state index >= 15 is 0 Å². The Morgan fingerprint density at radius 1 is 1.22 bits per heavy atom. The van der Waals surface area contributed by atoms with Crippen LogP contribution in [0.1, 0.15) is 16.8 Å². The third-order valence-electron chi connectivity index (χ3n) is 2.53. The van der Waals surface area contributed by atoms with E-state index in [0.717, 1.165) is 5.69 Å². The Hall–Kier alpha value is -2.04. The number of esters is 1. The molecule has 5 nitrogen and oxygen atoms in total. The Morgan fingerprint density at radius 3 is 2.39 bits per heavy atom. The second-order valence-corrected chi connectivity index (χ2v) is 3.96. The van der Waals surface area contributed by atoms with Crippen molar-refractivity contribution in [3.63, 3.8) is 0 Å². The van der Waals surface area contributed by atoms with Crippen molar-refractivity contribution in [1.29, 1.82) is 0 Å². The number of carbonyl (C=O) groups is 2. The van der Waals surface area contributed by atoms with Gasteiger partial charge in [0, 0.05) is 25.8 Å². The van der Waals surface area contributed by atoms with E-state index in [-0.39, 0.29) is 12.2 Å². The third kappa shape index (κ3) is 3.23. The molecule has 0 heterocycles. The van der Waals surface area contributed by atoms with Crippen molar-refractivity contribution in [2.45, 2.75) is 6.42 Å². The van der Waals surface area contributed by atoms with Crippen molar-refractivity contribution in [3.8, 4) is 5.75 Å². The van der Waals surface area contributed by atoms with Crippen LogP contribution in [0.3, 0.4) is 0 Å². The molecule has 98 valence electrons. The monoisotopic (exact) mass is 251 g/mol.